The lowest BCUT2D eigenvalue weighted by Gasteiger charge is -2.22. The van der Waals surface area contributed by atoms with E-state index in [0.717, 1.165) is 44.7 Å². The number of fused-ring (bicyclic) bond motifs is 7. The molecular weight excluding hydrogens is 691 g/mol. The molecule has 0 N–H and O–H groups in total. The molecule has 3 nitrogen and oxygen atoms in total. The first-order valence-corrected chi connectivity index (χ1v) is 19.6. The Hall–Kier alpha value is -7.10. The van der Waals surface area contributed by atoms with Gasteiger partial charge in [0, 0.05) is 33.1 Å². The molecule has 0 atom stereocenters. The molecule has 8 aromatic carbocycles. The monoisotopic (exact) mass is 731 g/mol. The maximum Gasteiger partial charge on any atom is 0.160 e. The van der Waals surface area contributed by atoms with Crippen LogP contribution in [0.15, 0.2) is 199 Å². The number of nitrogens with zero attached hydrogens (tertiary/aromatic N) is 3. The number of aliphatic imine (C=N–C) groups is 2. The summed E-state index contributed by atoms with van der Waals surface area (Å²) in [5, 5.41) is 4.86. The second-order valence-corrected chi connectivity index (χ2v) is 15.6. The van der Waals surface area contributed by atoms with E-state index in [4.69, 9.17) is 9.98 Å². The Kier molecular flexibility index (Phi) is 8.19. The standard InChI is InChI=1S/C54H41N3/c1-35(37-17-7-5-8-18-37)55-53(56-36(2)38-19-9-6-10-20-38)43-30-42(41-28-27-39-21-11-12-22-40(39)29-41)31-44(32-43)57-51-26-16-14-24-46(51)48-33-47-45-23-13-15-25-49(45)54(3,4)50(47)34-52(48)57/h5-34H,1H2,2-4H3/b55-53-,56-36+. The van der Waals surface area contributed by atoms with E-state index in [1.54, 1.807) is 0 Å². The van der Waals surface area contributed by atoms with Crippen molar-refractivity contribution in [3.05, 3.63) is 216 Å². The third-order valence-electron chi connectivity index (χ3n) is 11.7. The molecule has 0 saturated carbocycles. The van der Waals surface area contributed by atoms with Gasteiger partial charge in [-0.05, 0) is 105 Å². The molecule has 0 radical (unpaired) electrons. The van der Waals surface area contributed by atoms with Crippen molar-refractivity contribution in [1.82, 2.24) is 4.57 Å². The van der Waals surface area contributed by atoms with Crippen molar-refractivity contribution in [2.45, 2.75) is 26.2 Å². The van der Waals surface area contributed by atoms with E-state index >= 15 is 0 Å². The third kappa shape index (κ3) is 5.91. The zero-order valence-electron chi connectivity index (χ0n) is 32.4. The number of amidine groups is 1. The van der Waals surface area contributed by atoms with Crippen LogP contribution in [-0.4, -0.2) is 16.1 Å². The van der Waals surface area contributed by atoms with Crippen molar-refractivity contribution >= 4 is 49.8 Å². The molecule has 1 aromatic heterocycles. The maximum atomic E-state index is 5.30. The van der Waals surface area contributed by atoms with E-state index in [0.29, 0.717) is 11.5 Å². The van der Waals surface area contributed by atoms with Gasteiger partial charge in [0.05, 0.1) is 16.7 Å². The van der Waals surface area contributed by atoms with Crippen molar-refractivity contribution in [3.63, 3.8) is 0 Å². The molecule has 9 aromatic rings. The lowest BCUT2D eigenvalue weighted by molar-refractivity contribution is 0.661. The molecule has 0 saturated heterocycles. The smallest absolute Gasteiger partial charge is 0.160 e. The van der Waals surface area contributed by atoms with E-state index in [1.807, 2.05) is 48.5 Å². The highest BCUT2D eigenvalue weighted by atomic mass is 15.0. The number of rotatable bonds is 6. The predicted molar refractivity (Wildman–Crippen MR) is 242 cm³/mol. The Morgan fingerprint density at radius 1 is 0.491 bits per heavy atom. The quantitative estimate of drug-likeness (QED) is 0.120. The zero-order valence-corrected chi connectivity index (χ0v) is 32.4. The minimum Gasteiger partial charge on any atom is -0.309 e. The second kappa shape index (κ2) is 13.6. The average molecular weight is 732 g/mol. The molecular formula is C54H41N3. The Morgan fingerprint density at radius 2 is 1.18 bits per heavy atom. The highest BCUT2D eigenvalue weighted by Crippen LogP contribution is 2.51. The van der Waals surface area contributed by atoms with Gasteiger partial charge in [-0.15, -0.1) is 0 Å². The lowest BCUT2D eigenvalue weighted by atomic mass is 9.82. The first-order valence-electron chi connectivity index (χ1n) is 19.6. The Balaban J connectivity index is 1.26. The Labute approximate surface area is 333 Å². The minimum atomic E-state index is -0.138. The van der Waals surface area contributed by atoms with Crippen LogP contribution in [0, 0.1) is 0 Å². The van der Waals surface area contributed by atoms with Crippen LogP contribution in [0.5, 0.6) is 0 Å². The fourth-order valence-corrected chi connectivity index (χ4v) is 8.73. The normalized spacial score (nSPS) is 13.6. The SMILES string of the molecule is C=C(/N=C(\N=C(/C)c1ccccc1)c1cc(-c2ccc3ccccc3c2)cc(-n2c3ccccc3c3cc4c(cc32)C(C)(C)c2ccccc2-4)c1)c1ccccc1. The molecule has 3 heteroatoms. The number of aromatic nitrogens is 1. The van der Waals surface area contributed by atoms with Crippen LogP contribution in [0.3, 0.4) is 0 Å². The highest BCUT2D eigenvalue weighted by Gasteiger charge is 2.36. The molecule has 272 valence electrons. The van der Waals surface area contributed by atoms with E-state index in [1.165, 1.54) is 49.3 Å². The van der Waals surface area contributed by atoms with Crippen molar-refractivity contribution in [1.29, 1.82) is 0 Å². The van der Waals surface area contributed by atoms with E-state index in [2.05, 4.69) is 165 Å². The molecule has 0 aliphatic heterocycles. The molecule has 0 spiro atoms. The summed E-state index contributed by atoms with van der Waals surface area (Å²) >= 11 is 0. The third-order valence-corrected chi connectivity index (χ3v) is 11.7. The molecule has 0 amide bonds. The Morgan fingerprint density at radius 3 is 1.98 bits per heavy atom. The first-order chi connectivity index (χ1) is 27.8. The fourth-order valence-electron chi connectivity index (χ4n) is 8.73. The summed E-state index contributed by atoms with van der Waals surface area (Å²) < 4.78 is 2.44. The highest BCUT2D eigenvalue weighted by molar-refractivity contribution is 6.14. The number of hydrogen-bond donors (Lipinski definition) is 0. The van der Waals surface area contributed by atoms with E-state index < -0.39 is 0 Å². The Bertz CT molecular complexity index is 3110. The van der Waals surface area contributed by atoms with Gasteiger partial charge < -0.3 is 4.57 Å². The second-order valence-electron chi connectivity index (χ2n) is 15.6. The molecule has 1 aliphatic rings. The number of para-hydroxylation sites is 1. The molecule has 10 rings (SSSR count). The summed E-state index contributed by atoms with van der Waals surface area (Å²) in [6, 6.07) is 65.1. The molecule has 0 unspecified atom stereocenters. The van der Waals surface area contributed by atoms with Crippen LogP contribution >= 0.6 is 0 Å². The van der Waals surface area contributed by atoms with Gasteiger partial charge in [-0.25, -0.2) is 9.98 Å². The number of hydrogen-bond acceptors (Lipinski definition) is 1. The van der Waals surface area contributed by atoms with Gasteiger partial charge in [0.1, 0.15) is 0 Å². The minimum absolute atomic E-state index is 0.138. The van der Waals surface area contributed by atoms with Crippen LogP contribution in [0.2, 0.25) is 0 Å². The summed E-state index contributed by atoms with van der Waals surface area (Å²) in [5.74, 6) is 0.604. The van der Waals surface area contributed by atoms with Crippen molar-refractivity contribution in [2.24, 2.45) is 9.98 Å². The summed E-state index contributed by atoms with van der Waals surface area (Å²) in [7, 11) is 0. The molecule has 0 fully saturated rings. The molecule has 0 bridgehead atoms. The fraction of sp³-hybridized carbons (Fsp3) is 0.0741. The van der Waals surface area contributed by atoms with Gasteiger partial charge in [0.25, 0.3) is 0 Å². The van der Waals surface area contributed by atoms with Gasteiger partial charge >= 0.3 is 0 Å². The lowest BCUT2D eigenvalue weighted by Crippen LogP contribution is -2.15. The van der Waals surface area contributed by atoms with Crippen molar-refractivity contribution in [3.8, 4) is 27.9 Å². The van der Waals surface area contributed by atoms with Gasteiger partial charge in [0.15, 0.2) is 5.84 Å². The predicted octanol–water partition coefficient (Wildman–Crippen LogP) is 13.8. The van der Waals surface area contributed by atoms with Gasteiger partial charge in [-0.2, -0.15) is 0 Å². The van der Waals surface area contributed by atoms with Crippen LogP contribution in [0.4, 0.5) is 0 Å². The summed E-state index contributed by atoms with van der Waals surface area (Å²) in [6.07, 6.45) is 0. The van der Waals surface area contributed by atoms with E-state index in [-0.39, 0.29) is 5.41 Å². The van der Waals surface area contributed by atoms with Gasteiger partial charge in [0.2, 0.25) is 0 Å². The summed E-state index contributed by atoms with van der Waals surface area (Å²) in [6.45, 7) is 11.2. The largest absolute Gasteiger partial charge is 0.309 e. The topological polar surface area (TPSA) is 29.6 Å². The maximum absolute atomic E-state index is 5.30. The van der Waals surface area contributed by atoms with Crippen molar-refractivity contribution in [2.75, 3.05) is 0 Å². The van der Waals surface area contributed by atoms with Crippen LogP contribution < -0.4 is 0 Å². The summed E-state index contributed by atoms with van der Waals surface area (Å²) in [5.41, 5.74) is 15.2. The van der Waals surface area contributed by atoms with Gasteiger partial charge in [-0.1, -0.05) is 160 Å². The first kappa shape index (κ1) is 34.4. The number of benzene rings is 8. The van der Waals surface area contributed by atoms with Crippen molar-refractivity contribution < 1.29 is 0 Å². The summed E-state index contributed by atoms with van der Waals surface area (Å²) in [4.78, 5) is 10.5. The van der Waals surface area contributed by atoms with Gasteiger partial charge in [-0.3, -0.25) is 0 Å². The van der Waals surface area contributed by atoms with E-state index in [9.17, 15) is 0 Å². The zero-order chi connectivity index (χ0) is 38.7. The van der Waals surface area contributed by atoms with Crippen LogP contribution in [0.1, 0.15) is 48.6 Å². The van der Waals surface area contributed by atoms with Crippen LogP contribution in [0.25, 0.3) is 66.2 Å². The molecule has 1 heterocycles. The average Bonchev–Trinajstić information content (AvgIpc) is 3.70. The molecule has 57 heavy (non-hydrogen) atoms. The van der Waals surface area contributed by atoms with Crippen LogP contribution in [-0.2, 0) is 5.41 Å². The molecule has 1 aliphatic carbocycles.